The molecule has 5 heteroatoms. The summed E-state index contributed by atoms with van der Waals surface area (Å²) in [7, 11) is 3.47. The number of halogens is 1. The molecule has 0 aliphatic rings. The number of rotatable bonds is 5. The Balaban J connectivity index is 2.17. The fourth-order valence-corrected chi connectivity index (χ4v) is 2.04. The number of carboxylic acid groups (broad SMARTS) is 1. The van der Waals surface area contributed by atoms with Crippen LogP contribution in [0.2, 0.25) is 0 Å². The number of aromatic carboxylic acids is 1. The maximum atomic E-state index is 13.7. The molecule has 0 heterocycles. The van der Waals surface area contributed by atoms with Crippen LogP contribution in [0.4, 0.5) is 10.1 Å². The summed E-state index contributed by atoms with van der Waals surface area (Å²) in [5.74, 6) is -1.24. The summed E-state index contributed by atoms with van der Waals surface area (Å²) in [5.41, 5.74) is 1.31. The number of anilines is 1. The fourth-order valence-electron chi connectivity index (χ4n) is 2.04. The molecule has 0 saturated carbocycles. The van der Waals surface area contributed by atoms with Crippen LogP contribution in [0.25, 0.3) is 0 Å². The Bertz CT molecular complexity index is 658. The normalized spacial score (nSPS) is 10.2. The lowest BCUT2D eigenvalue weighted by Crippen LogP contribution is -2.16. The minimum absolute atomic E-state index is 0.317. The number of carbonyl (C=O) groups is 1. The first-order valence-corrected chi connectivity index (χ1v) is 6.38. The Kier molecular flexibility index (Phi) is 4.42. The summed E-state index contributed by atoms with van der Waals surface area (Å²) >= 11 is 0. The van der Waals surface area contributed by atoms with Crippen molar-refractivity contribution in [1.82, 2.24) is 0 Å². The molecule has 0 fully saturated rings. The van der Waals surface area contributed by atoms with Crippen molar-refractivity contribution in [2.24, 2.45) is 0 Å². The van der Waals surface area contributed by atoms with Gasteiger partial charge in [-0.2, -0.15) is 0 Å². The van der Waals surface area contributed by atoms with E-state index in [1.165, 1.54) is 12.1 Å². The topological polar surface area (TPSA) is 49.8 Å². The van der Waals surface area contributed by atoms with Gasteiger partial charge in [0, 0.05) is 25.3 Å². The standard InChI is InChI=1S/C16H16FNO3/c1-18(12-4-3-5-13(9-12)21-2)10-11-6-7-14(16(19)20)15(17)8-11/h3-9H,10H2,1-2H3,(H,19,20). The van der Waals surface area contributed by atoms with Gasteiger partial charge in [-0.05, 0) is 29.8 Å². The van der Waals surface area contributed by atoms with Crippen molar-refractivity contribution in [3.05, 3.63) is 59.4 Å². The van der Waals surface area contributed by atoms with E-state index in [9.17, 15) is 9.18 Å². The van der Waals surface area contributed by atoms with Crippen molar-refractivity contribution in [3.8, 4) is 5.75 Å². The molecule has 110 valence electrons. The molecule has 2 aromatic carbocycles. The van der Waals surface area contributed by atoms with Crippen LogP contribution < -0.4 is 9.64 Å². The third-order valence-electron chi connectivity index (χ3n) is 3.18. The highest BCUT2D eigenvalue weighted by Crippen LogP contribution is 2.22. The lowest BCUT2D eigenvalue weighted by Gasteiger charge is -2.20. The Morgan fingerprint density at radius 3 is 2.67 bits per heavy atom. The van der Waals surface area contributed by atoms with Gasteiger partial charge in [0.15, 0.2) is 0 Å². The molecule has 21 heavy (non-hydrogen) atoms. The minimum atomic E-state index is -1.26. The zero-order valence-corrected chi connectivity index (χ0v) is 11.8. The molecule has 0 spiro atoms. The van der Waals surface area contributed by atoms with Crippen molar-refractivity contribution < 1.29 is 19.0 Å². The highest BCUT2D eigenvalue weighted by molar-refractivity contribution is 5.87. The van der Waals surface area contributed by atoms with Crippen LogP contribution in [0.15, 0.2) is 42.5 Å². The van der Waals surface area contributed by atoms with Gasteiger partial charge < -0.3 is 14.7 Å². The third kappa shape index (κ3) is 3.51. The van der Waals surface area contributed by atoms with Crippen LogP contribution in [0.3, 0.4) is 0 Å². The maximum Gasteiger partial charge on any atom is 0.338 e. The Hall–Kier alpha value is -2.56. The van der Waals surface area contributed by atoms with Gasteiger partial charge in [-0.1, -0.05) is 12.1 Å². The SMILES string of the molecule is COc1cccc(N(C)Cc2ccc(C(=O)O)c(F)c2)c1. The maximum absolute atomic E-state index is 13.7. The molecule has 4 nitrogen and oxygen atoms in total. The van der Waals surface area contributed by atoms with E-state index in [1.807, 2.05) is 36.2 Å². The summed E-state index contributed by atoms with van der Waals surface area (Å²) < 4.78 is 18.8. The summed E-state index contributed by atoms with van der Waals surface area (Å²) in [6, 6.07) is 11.7. The lowest BCUT2D eigenvalue weighted by molar-refractivity contribution is 0.0692. The second-order valence-electron chi connectivity index (χ2n) is 4.68. The Morgan fingerprint density at radius 2 is 2.05 bits per heavy atom. The molecule has 1 N–H and O–H groups in total. The predicted molar refractivity (Wildman–Crippen MR) is 78.5 cm³/mol. The molecule has 2 rings (SSSR count). The molecular formula is C16H16FNO3. The van der Waals surface area contributed by atoms with Gasteiger partial charge in [0.25, 0.3) is 0 Å². The van der Waals surface area contributed by atoms with E-state index in [1.54, 1.807) is 13.2 Å². The number of nitrogens with zero attached hydrogens (tertiary/aromatic N) is 1. The van der Waals surface area contributed by atoms with Crippen molar-refractivity contribution in [2.75, 3.05) is 19.1 Å². The van der Waals surface area contributed by atoms with E-state index in [2.05, 4.69) is 0 Å². The highest BCUT2D eigenvalue weighted by Gasteiger charge is 2.11. The zero-order chi connectivity index (χ0) is 15.4. The molecule has 0 unspecified atom stereocenters. The molecule has 0 amide bonds. The van der Waals surface area contributed by atoms with E-state index in [0.29, 0.717) is 12.1 Å². The molecule has 0 atom stereocenters. The first-order valence-electron chi connectivity index (χ1n) is 6.38. The minimum Gasteiger partial charge on any atom is -0.497 e. The molecule has 0 bridgehead atoms. The van der Waals surface area contributed by atoms with Gasteiger partial charge in [-0.25, -0.2) is 9.18 Å². The van der Waals surface area contributed by atoms with Crippen LogP contribution in [0.5, 0.6) is 5.75 Å². The molecule has 0 aliphatic heterocycles. The molecule has 2 aromatic rings. The summed E-state index contributed by atoms with van der Waals surface area (Å²) in [4.78, 5) is 12.7. The Labute approximate surface area is 122 Å². The number of ether oxygens (including phenoxy) is 1. The summed E-state index contributed by atoms with van der Waals surface area (Å²) in [6.07, 6.45) is 0. The van der Waals surface area contributed by atoms with E-state index < -0.39 is 11.8 Å². The highest BCUT2D eigenvalue weighted by atomic mass is 19.1. The first-order chi connectivity index (χ1) is 10.0. The fraction of sp³-hybridized carbons (Fsp3) is 0.188. The monoisotopic (exact) mass is 289 g/mol. The quantitative estimate of drug-likeness (QED) is 0.918. The number of hydrogen-bond donors (Lipinski definition) is 1. The van der Waals surface area contributed by atoms with Crippen LogP contribution in [-0.4, -0.2) is 25.2 Å². The predicted octanol–water partition coefficient (Wildman–Crippen LogP) is 3.17. The van der Waals surface area contributed by atoms with Crippen LogP contribution in [-0.2, 0) is 6.54 Å². The number of benzene rings is 2. The number of hydrogen-bond acceptors (Lipinski definition) is 3. The van der Waals surface area contributed by atoms with E-state index in [-0.39, 0.29) is 5.56 Å². The summed E-state index contributed by atoms with van der Waals surface area (Å²) in [5, 5.41) is 8.81. The average Bonchev–Trinajstić information content (AvgIpc) is 2.47. The molecular weight excluding hydrogens is 273 g/mol. The Morgan fingerprint density at radius 1 is 1.29 bits per heavy atom. The van der Waals surface area contributed by atoms with Crippen LogP contribution >= 0.6 is 0 Å². The van der Waals surface area contributed by atoms with Crippen molar-refractivity contribution >= 4 is 11.7 Å². The van der Waals surface area contributed by atoms with Crippen LogP contribution in [0.1, 0.15) is 15.9 Å². The average molecular weight is 289 g/mol. The molecule has 0 aromatic heterocycles. The van der Waals surface area contributed by atoms with Crippen molar-refractivity contribution in [3.63, 3.8) is 0 Å². The largest absolute Gasteiger partial charge is 0.497 e. The van der Waals surface area contributed by atoms with Crippen molar-refractivity contribution in [2.45, 2.75) is 6.54 Å². The second-order valence-corrected chi connectivity index (χ2v) is 4.68. The van der Waals surface area contributed by atoms with Gasteiger partial charge in [0.2, 0.25) is 0 Å². The van der Waals surface area contributed by atoms with E-state index >= 15 is 0 Å². The molecule has 0 radical (unpaired) electrons. The van der Waals surface area contributed by atoms with Gasteiger partial charge in [0.1, 0.15) is 11.6 Å². The zero-order valence-electron chi connectivity index (χ0n) is 11.8. The van der Waals surface area contributed by atoms with Gasteiger partial charge in [0.05, 0.1) is 12.7 Å². The first kappa shape index (κ1) is 14.8. The van der Waals surface area contributed by atoms with Gasteiger partial charge >= 0.3 is 5.97 Å². The second kappa shape index (κ2) is 6.26. The van der Waals surface area contributed by atoms with E-state index in [4.69, 9.17) is 9.84 Å². The molecule has 0 aliphatic carbocycles. The third-order valence-corrected chi connectivity index (χ3v) is 3.18. The lowest BCUT2D eigenvalue weighted by atomic mass is 10.1. The summed E-state index contributed by atoms with van der Waals surface area (Å²) in [6.45, 7) is 0.462. The smallest absolute Gasteiger partial charge is 0.338 e. The molecule has 0 saturated heterocycles. The van der Waals surface area contributed by atoms with Gasteiger partial charge in [-0.15, -0.1) is 0 Å². The van der Waals surface area contributed by atoms with E-state index in [0.717, 1.165) is 11.4 Å². The van der Waals surface area contributed by atoms with Gasteiger partial charge in [-0.3, -0.25) is 0 Å². The number of methoxy groups -OCH3 is 1. The van der Waals surface area contributed by atoms with Crippen molar-refractivity contribution in [1.29, 1.82) is 0 Å². The van der Waals surface area contributed by atoms with Crippen LogP contribution in [0, 0.1) is 5.82 Å². The number of carboxylic acids is 1.